The first kappa shape index (κ1) is 12.7. The molecule has 100 valence electrons. The zero-order valence-electron chi connectivity index (χ0n) is 10.6. The number of allylic oxidation sites excluding steroid dienone is 1. The van der Waals surface area contributed by atoms with Gasteiger partial charge in [-0.1, -0.05) is 12.2 Å². The molecule has 2 aliphatic heterocycles. The summed E-state index contributed by atoms with van der Waals surface area (Å²) in [5.74, 6) is 2.90. The van der Waals surface area contributed by atoms with E-state index in [0.717, 1.165) is 38.0 Å². The Labute approximate surface area is 113 Å². The standard InChI is InChI=1S/C14H21NO2S/c15-12-2-1-10(7-12)13(16)11-3-5-17-14(8-11)4-6-18-9-14/h1-2,10-12H,3-9,15H2. The molecule has 0 aromatic carbocycles. The molecule has 0 amide bonds. The van der Waals surface area contributed by atoms with Crippen molar-refractivity contribution in [2.75, 3.05) is 18.1 Å². The molecule has 3 aliphatic rings. The molecule has 0 saturated carbocycles. The van der Waals surface area contributed by atoms with Crippen LogP contribution in [0.5, 0.6) is 0 Å². The predicted molar refractivity (Wildman–Crippen MR) is 73.6 cm³/mol. The molecule has 18 heavy (non-hydrogen) atoms. The molecule has 2 heterocycles. The number of ether oxygens (including phenoxy) is 1. The van der Waals surface area contributed by atoms with Crippen LogP contribution in [-0.2, 0) is 9.53 Å². The van der Waals surface area contributed by atoms with E-state index in [2.05, 4.69) is 0 Å². The molecular weight excluding hydrogens is 246 g/mol. The highest BCUT2D eigenvalue weighted by atomic mass is 32.2. The smallest absolute Gasteiger partial charge is 0.143 e. The minimum atomic E-state index is 0.00762. The summed E-state index contributed by atoms with van der Waals surface area (Å²) in [6, 6.07) is 0.0785. The largest absolute Gasteiger partial charge is 0.374 e. The van der Waals surface area contributed by atoms with Gasteiger partial charge in [-0.25, -0.2) is 0 Å². The lowest BCUT2D eigenvalue weighted by Gasteiger charge is -2.37. The van der Waals surface area contributed by atoms with Gasteiger partial charge in [0, 0.05) is 30.2 Å². The average Bonchev–Trinajstić information content (AvgIpc) is 2.98. The second-order valence-electron chi connectivity index (χ2n) is 5.82. The molecule has 4 atom stereocenters. The van der Waals surface area contributed by atoms with E-state index >= 15 is 0 Å². The molecule has 4 heteroatoms. The maximum absolute atomic E-state index is 12.5. The van der Waals surface area contributed by atoms with Gasteiger partial charge in [-0.2, -0.15) is 11.8 Å². The lowest BCUT2D eigenvalue weighted by Crippen LogP contribution is -2.43. The zero-order chi connectivity index (χ0) is 12.6. The molecule has 2 N–H and O–H groups in total. The summed E-state index contributed by atoms with van der Waals surface area (Å²) in [5, 5.41) is 0. The van der Waals surface area contributed by atoms with Crippen molar-refractivity contribution < 1.29 is 9.53 Å². The number of carbonyl (C=O) groups excluding carboxylic acids is 1. The Hall–Kier alpha value is -0.320. The minimum Gasteiger partial charge on any atom is -0.374 e. The number of hydrogen-bond acceptors (Lipinski definition) is 4. The van der Waals surface area contributed by atoms with Crippen LogP contribution in [0, 0.1) is 11.8 Å². The number of ketones is 1. The van der Waals surface area contributed by atoms with Crippen molar-refractivity contribution in [3.8, 4) is 0 Å². The second-order valence-corrected chi connectivity index (χ2v) is 6.92. The van der Waals surface area contributed by atoms with Gasteiger partial charge < -0.3 is 10.5 Å². The van der Waals surface area contributed by atoms with E-state index in [0.29, 0.717) is 5.78 Å². The number of nitrogens with two attached hydrogens (primary N) is 1. The zero-order valence-corrected chi connectivity index (χ0v) is 11.5. The van der Waals surface area contributed by atoms with Gasteiger partial charge in [-0.05, 0) is 31.4 Å². The fourth-order valence-corrected chi connectivity index (χ4v) is 4.75. The third-order valence-electron chi connectivity index (χ3n) is 4.44. The van der Waals surface area contributed by atoms with Gasteiger partial charge in [0.25, 0.3) is 0 Å². The number of Topliss-reactive ketones (excluding diaryl/α,β-unsaturated/α-hetero) is 1. The van der Waals surface area contributed by atoms with E-state index in [4.69, 9.17) is 10.5 Å². The van der Waals surface area contributed by atoms with Gasteiger partial charge in [-0.3, -0.25) is 4.79 Å². The van der Waals surface area contributed by atoms with Crippen LogP contribution < -0.4 is 5.73 Å². The molecular formula is C14H21NO2S. The maximum atomic E-state index is 12.5. The fraction of sp³-hybridized carbons (Fsp3) is 0.786. The van der Waals surface area contributed by atoms with Crippen LogP contribution in [0.15, 0.2) is 12.2 Å². The number of thioether (sulfide) groups is 1. The number of hydrogen-bond donors (Lipinski definition) is 1. The van der Waals surface area contributed by atoms with Crippen molar-refractivity contribution in [1.29, 1.82) is 0 Å². The van der Waals surface area contributed by atoms with Crippen molar-refractivity contribution in [2.24, 2.45) is 17.6 Å². The van der Waals surface area contributed by atoms with Crippen molar-refractivity contribution >= 4 is 17.5 Å². The molecule has 3 nitrogen and oxygen atoms in total. The summed E-state index contributed by atoms with van der Waals surface area (Å²) in [6.45, 7) is 0.749. The van der Waals surface area contributed by atoms with E-state index < -0.39 is 0 Å². The predicted octanol–water partition coefficient (Wildman–Crippen LogP) is 1.76. The van der Waals surface area contributed by atoms with Crippen LogP contribution in [0.1, 0.15) is 25.7 Å². The third-order valence-corrected chi connectivity index (χ3v) is 5.67. The summed E-state index contributed by atoms with van der Waals surface area (Å²) in [6.07, 6.45) is 7.73. The fourth-order valence-electron chi connectivity index (χ4n) is 3.37. The quantitative estimate of drug-likeness (QED) is 0.775. The molecule has 4 unspecified atom stereocenters. The topological polar surface area (TPSA) is 52.3 Å². The SMILES string of the molecule is NC1C=CC(C(=O)C2CCOC3(CCSC3)C2)C1. The third kappa shape index (κ3) is 2.38. The van der Waals surface area contributed by atoms with E-state index in [9.17, 15) is 4.79 Å². The monoisotopic (exact) mass is 267 g/mol. The first-order valence-corrected chi connectivity index (χ1v) is 8.03. The van der Waals surface area contributed by atoms with E-state index in [1.54, 1.807) is 0 Å². The lowest BCUT2D eigenvalue weighted by atomic mass is 9.79. The molecule has 2 saturated heterocycles. The Morgan fingerprint density at radius 3 is 3.00 bits per heavy atom. The van der Waals surface area contributed by atoms with Crippen LogP contribution in [0.3, 0.4) is 0 Å². The van der Waals surface area contributed by atoms with Crippen molar-refractivity contribution in [2.45, 2.75) is 37.3 Å². The Morgan fingerprint density at radius 1 is 1.44 bits per heavy atom. The summed E-state index contributed by atoms with van der Waals surface area (Å²) in [5.41, 5.74) is 5.85. The van der Waals surface area contributed by atoms with Crippen LogP contribution in [0.25, 0.3) is 0 Å². The normalized spacial score (nSPS) is 43.7. The lowest BCUT2D eigenvalue weighted by molar-refractivity contribution is -0.136. The molecule has 0 bridgehead atoms. The summed E-state index contributed by atoms with van der Waals surface area (Å²) in [7, 11) is 0. The van der Waals surface area contributed by atoms with Crippen molar-refractivity contribution in [1.82, 2.24) is 0 Å². The van der Waals surface area contributed by atoms with Gasteiger partial charge in [0.15, 0.2) is 0 Å². The van der Waals surface area contributed by atoms with E-state index in [1.165, 1.54) is 5.75 Å². The van der Waals surface area contributed by atoms with E-state index in [1.807, 2.05) is 23.9 Å². The van der Waals surface area contributed by atoms with Crippen LogP contribution in [0.4, 0.5) is 0 Å². The number of rotatable bonds is 2. The van der Waals surface area contributed by atoms with Crippen LogP contribution in [0.2, 0.25) is 0 Å². The van der Waals surface area contributed by atoms with Crippen LogP contribution >= 0.6 is 11.8 Å². The Bertz CT molecular complexity index is 363. The molecule has 0 radical (unpaired) electrons. The number of carbonyl (C=O) groups is 1. The first-order chi connectivity index (χ1) is 8.69. The highest BCUT2D eigenvalue weighted by Crippen LogP contribution is 2.41. The molecule has 0 aromatic rings. The van der Waals surface area contributed by atoms with Gasteiger partial charge in [-0.15, -0.1) is 0 Å². The highest BCUT2D eigenvalue weighted by Gasteiger charge is 2.43. The molecule has 0 aromatic heterocycles. The van der Waals surface area contributed by atoms with Crippen LogP contribution in [-0.4, -0.2) is 35.5 Å². The Balaban J connectivity index is 1.65. The summed E-state index contributed by atoms with van der Waals surface area (Å²) in [4.78, 5) is 12.5. The molecule has 1 spiro atoms. The van der Waals surface area contributed by atoms with Crippen molar-refractivity contribution in [3.63, 3.8) is 0 Å². The molecule has 1 aliphatic carbocycles. The second kappa shape index (κ2) is 4.99. The molecule has 2 fully saturated rings. The average molecular weight is 267 g/mol. The van der Waals surface area contributed by atoms with Crippen molar-refractivity contribution in [3.05, 3.63) is 12.2 Å². The first-order valence-electron chi connectivity index (χ1n) is 6.88. The van der Waals surface area contributed by atoms with E-state index in [-0.39, 0.29) is 23.5 Å². The highest BCUT2D eigenvalue weighted by molar-refractivity contribution is 7.99. The van der Waals surface area contributed by atoms with Gasteiger partial charge >= 0.3 is 0 Å². The van der Waals surface area contributed by atoms with Gasteiger partial charge in [0.05, 0.1) is 5.60 Å². The Kier molecular flexibility index (Phi) is 3.52. The van der Waals surface area contributed by atoms with Gasteiger partial charge in [0.2, 0.25) is 0 Å². The summed E-state index contributed by atoms with van der Waals surface area (Å²) < 4.78 is 5.97. The minimum absolute atomic E-state index is 0.00762. The maximum Gasteiger partial charge on any atom is 0.143 e. The van der Waals surface area contributed by atoms with Gasteiger partial charge in [0.1, 0.15) is 5.78 Å². The molecule has 3 rings (SSSR count). The Morgan fingerprint density at radius 2 is 2.33 bits per heavy atom. The summed E-state index contributed by atoms with van der Waals surface area (Å²) >= 11 is 1.96.